The molecule has 2 heterocycles. The Bertz CT molecular complexity index is 1540. The van der Waals surface area contributed by atoms with Crippen LogP contribution in [-0.2, 0) is 18.7 Å². The highest BCUT2D eigenvalue weighted by Crippen LogP contribution is 2.56. The van der Waals surface area contributed by atoms with Crippen LogP contribution >= 0.6 is 7.82 Å². The summed E-state index contributed by atoms with van der Waals surface area (Å²) in [5.74, 6) is -4.52. The van der Waals surface area contributed by atoms with Gasteiger partial charge in [0.05, 0.1) is 17.8 Å². The molecular weight excluding hydrogens is 611 g/mol. The molecule has 3 N–H and O–H groups in total. The van der Waals surface area contributed by atoms with Gasteiger partial charge in [0.2, 0.25) is 5.91 Å². The van der Waals surface area contributed by atoms with E-state index in [4.69, 9.17) is 9.26 Å². The Morgan fingerprint density at radius 2 is 1.73 bits per heavy atom. The summed E-state index contributed by atoms with van der Waals surface area (Å²) in [6.45, 7) is 8.02. The van der Waals surface area contributed by atoms with Crippen molar-refractivity contribution in [2.45, 2.75) is 78.4 Å². The molecule has 1 aromatic heterocycles. The molecule has 1 atom stereocenters. The number of piperidine rings is 1. The zero-order valence-electron chi connectivity index (χ0n) is 26.0. The van der Waals surface area contributed by atoms with Crippen molar-refractivity contribution in [2.75, 3.05) is 18.4 Å². The van der Waals surface area contributed by atoms with Gasteiger partial charge in [-0.25, -0.2) is 23.3 Å². The van der Waals surface area contributed by atoms with Crippen molar-refractivity contribution >= 4 is 25.5 Å². The fourth-order valence-corrected chi connectivity index (χ4v) is 6.89. The highest BCUT2D eigenvalue weighted by atomic mass is 31.2. The third-order valence-corrected chi connectivity index (χ3v) is 8.53. The Morgan fingerprint density at radius 1 is 1.09 bits per heavy atom. The maximum Gasteiger partial charge on any atom is 0.470 e. The maximum atomic E-state index is 15.6. The molecule has 15 heteroatoms. The van der Waals surface area contributed by atoms with Gasteiger partial charge in [-0.1, -0.05) is 41.5 Å². The molecule has 2 aromatic rings. The first-order chi connectivity index (χ1) is 20.7. The zero-order valence-corrected chi connectivity index (χ0v) is 26.9. The lowest BCUT2D eigenvalue weighted by Gasteiger charge is -2.53. The van der Waals surface area contributed by atoms with Gasteiger partial charge in [0.25, 0.3) is 5.91 Å². The summed E-state index contributed by atoms with van der Waals surface area (Å²) in [5.41, 5.74) is -3.73. The number of phosphoric ester groups is 1. The number of rotatable bonds is 8. The number of nitrogens with one attached hydrogen (secondary N) is 1. The monoisotopic (exact) mass is 649 g/mol. The van der Waals surface area contributed by atoms with E-state index in [1.807, 2.05) is 6.07 Å². The fourth-order valence-electron chi connectivity index (χ4n) is 5.91. The van der Waals surface area contributed by atoms with Gasteiger partial charge < -0.3 is 24.7 Å². The molecular formula is C30H38F2N5O7P. The number of anilines is 1. The molecule has 0 radical (unpaired) electrons. The number of aromatic nitrogens is 2. The van der Waals surface area contributed by atoms with Crippen molar-refractivity contribution in [3.63, 3.8) is 0 Å². The average molecular weight is 650 g/mol. The van der Waals surface area contributed by atoms with Crippen LogP contribution in [0.1, 0.15) is 66.4 Å². The number of nitrogens with zero attached hydrogens (tertiary/aromatic N) is 4. The number of nitriles is 1. The second kappa shape index (κ2) is 12.0. The van der Waals surface area contributed by atoms with E-state index in [1.54, 1.807) is 53.7 Å². The van der Waals surface area contributed by atoms with Crippen LogP contribution in [0.4, 0.5) is 14.6 Å². The molecule has 12 nitrogen and oxygen atoms in total. The van der Waals surface area contributed by atoms with E-state index in [-0.39, 0.29) is 36.1 Å². The molecule has 0 unspecified atom stereocenters. The Hall–Kier alpha value is -3.50. The van der Waals surface area contributed by atoms with Crippen LogP contribution in [0.5, 0.6) is 5.75 Å². The number of carbonyl (C=O) groups is 2. The van der Waals surface area contributed by atoms with Gasteiger partial charge in [-0.15, -0.1) is 0 Å². The van der Waals surface area contributed by atoms with Crippen molar-refractivity contribution in [3.05, 3.63) is 36.2 Å². The quantitative estimate of drug-likeness (QED) is 0.333. The minimum absolute atomic E-state index is 0.0271. The lowest BCUT2D eigenvalue weighted by Crippen LogP contribution is -2.67. The van der Waals surface area contributed by atoms with Gasteiger partial charge in [0.15, 0.2) is 11.7 Å². The number of hydrogen-bond acceptors (Lipinski definition) is 8. The maximum absolute atomic E-state index is 15.6. The van der Waals surface area contributed by atoms with E-state index in [9.17, 15) is 29.2 Å². The lowest BCUT2D eigenvalue weighted by molar-refractivity contribution is -0.195. The minimum Gasteiger partial charge on any atom is -0.483 e. The topological polar surface area (TPSA) is 175 Å². The first-order valence-corrected chi connectivity index (χ1v) is 16.0. The van der Waals surface area contributed by atoms with Gasteiger partial charge in [-0.3, -0.25) is 14.1 Å². The van der Waals surface area contributed by atoms with Crippen LogP contribution in [0.3, 0.4) is 0 Å². The summed E-state index contributed by atoms with van der Waals surface area (Å²) in [4.78, 5) is 54.7. The van der Waals surface area contributed by atoms with Gasteiger partial charge in [-0.05, 0) is 31.0 Å². The summed E-state index contributed by atoms with van der Waals surface area (Å²) in [6, 6.07) is 7.86. The normalized spacial score (nSPS) is 19.0. The molecule has 2 fully saturated rings. The molecule has 1 aliphatic heterocycles. The molecule has 1 saturated carbocycles. The largest absolute Gasteiger partial charge is 0.483 e. The van der Waals surface area contributed by atoms with Crippen molar-refractivity contribution in [2.24, 2.45) is 16.7 Å². The Balaban J connectivity index is 1.54. The minimum atomic E-state index is -5.24. The van der Waals surface area contributed by atoms with Crippen LogP contribution in [0, 0.1) is 28.1 Å². The zero-order chi connectivity index (χ0) is 33.6. The number of benzene rings is 1. The van der Waals surface area contributed by atoms with E-state index in [2.05, 4.69) is 15.3 Å². The van der Waals surface area contributed by atoms with Gasteiger partial charge in [0.1, 0.15) is 24.0 Å². The Labute approximate surface area is 260 Å². The number of amides is 2. The van der Waals surface area contributed by atoms with Gasteiger partial charge in [-0.2, -0.15) is 5.26 Å². The summed E-state index contributed by atoms with van der Waals surface area (Å²) < 4.78 is 54.2. The SMILES string of the molecule is CC(C)(C)C(OP(=O)(O)O)(C(=O)N1CC[C@H](Oc2ccc(-c3cc(NC(=O)C4CC4)ncn3)cc2C#N)C(F)(F)C1)C(C)(C)C. The Morgan fingerprint density at radius 3 is 2.27 bits per heavy atom. The van der Waals surface area contributed by atoms with Crippen LogP contribution < -0.4 is 10.1 Å². The molecule has 0 spiro atoms. The van der Waals surface area contributed by atoms with Crippen molar-refractivity contribution in [3.8, 4) is 23.1 Å². The highest BCUT2D eigenvalue weighted by molar-refractivity contribution is 7.46. The molecule has 45 heavy (non-hydrogen) atoms. The van der Waals surface area contributed by atoms with E-state index in [0.29, 0.717) is 17.1 Å². The van der Waals surface area contributed by atoms with E-state index >= 15 is 8.78 Å². The smallest absolute Gasteiger partial charge is 0.470 e. The number of alkyl halides is 2. The van der Waals surface area contributed by atoms with Gasteiger partial charge >= 0.3 is 13.7 Å². The van der Waals surface area contributed by atoms with Gasteiger partial charge in [0, 0.05) is 41.3 Å². The second-order valence-electron chi connectivity index (χ2n) is 13.5. The van der Waals surface area contributed by atoms with Crippen molar-refractivity contribution in [1.82, 2.24) is 14.9 Å². The number of ether oxygens (including phenoxy) is 1. The molecule has 0 bridgehead atoms. The molecule has 1 saturated heterocycles. The number of phosphoric acid groups is 1. The third-order valence-electron chi connectivity index (χ3n) is 8.02. The Kier molecular flexibility index (Phi) is 9.18. The average Bonchev–Trinajstić information content (AvgIpc) is 3.76. The van der Waals surface area contributed by atoms with E-state index in [1.165, 1.54) is 18.5 Å². The summed E-state index contributed by atoms with van der Waals surface area (Å²) in [5, 5.41) is 12.5. The van der Waals surface area contributed by atoms with Crippen molar-refractivity contribution < 1.29 is 42.0 Å². The predicted octanol–water partition coefficient (Wildman–Crippen LogP) is 4.92. The predicted molar refractivity (Wildman–Crippen MR) is 159 cm³/mol. The number of carbonyl (C=O) groups excluding carboxylic acids is 2. The molecule has 4 rings (SSSR count). The second-order valence-corrected chi connectivity index (χ2v) is 14.7. The molecule has 1 aliphatic carbocycles. The number of halogens is 2. The van der Waals surface area contributed by atoms with E-state index in [0.717, 1.165) is 17.7 Å². The number of hydrogen-bond donors (Lipinski definition) is 3. The summed E-state index contributed by atoms with van der Waals surface area (Å²) in [7, 11) is -5.24. The molecule has 2 aliphatic rings. The first kappa shape index (κ1) is 34.4. The van der Waals surface area contributed by atoms with E-state index < -0.39 is 48.7 Å². The molecule has 2 amide bonds. The third kappa shape index (κ3) is 7.33. The first-order valence-electron chi connectivity index (χ1n) is 14.5. The summed E-state index contributed by atoms with van der Waals surface area (Å²) >= 11 is 0. The highest BCUT2D eigenvalue weighted by Gasteiger charge is 2.63. The van der Waals surface area contributed by atoms with Crippen LogP contribution in [-0.4, -0.2) is 67.2 Å². The van der Waals surface area contributed by atoms with Crippen LogP contribution in [0.25, 0.3) is 11.3 Å². The molecule has 1 aromatic carbocycles. The van der Waals surface area contributed by atoms with Crippen molar-refractivity contribution in [1.29, 1.82) is 5.26 Å². The summed E-state index contributed by atoms with van der Waals surface area (Å²) in [6.07, 6.45) is 0.879. The lowest BCUT2D eigenvalue weighted by atomic mass is 9.61. The number of likely N-dealkylation sites (tertiary alicyclic amines) is 1. The fraction of sp³-hybridized carbons (Fsp3) is 0.567. The van der Waals surface area contributed by atoms with Crippen LogP contribution in [0.15, 0.2) is 30.6 Å². The molecule has 244 valence electrons. The van der Waals surface area contributed by atoms with Crippen LogP contribution in [0.2, 0.25) is 0 Å². The standard InChI is InChI=1S/C30H38F2N5O7P/c1-27(2,3)30(28(4,5)6,44-45(40,41)42)26(39)37-12-11-23(29(31,32)16-37)43-22-10-9-19(13-20(22)15-33)21-14-24(35-17-34-21)36-25(38)18-7-8-18/h9-10,13-14,17-18,23H,7-8,11-12,16H2,1-6H3,(H2,40,41,42)(H,34,35,36,38)/t23-/m0/s1.